The lowest BCUT2D eigenvalue weighted by atomic mass is 10.2. The van der Waals surface area contributed by atoms with Crippen LogP contribution in [-0.2, 0) is 11.3 Å². The minimum Gasteiger partial charge on any atom is -0.383 e. The van der Waals surface area contributed by atoms with Crippen LogP contribution in [0.1, 0.15) is 19.7 Å². The van der Waals surface area contributed by atoms with Gasteiger partial charge in [0.1, 0.15) is 12.4 Å². The van der Waals surface area contributed by atoms with Crippen LogP contribution < -0.4 is 5.73 Å². The number of hydrogen-bond donors (Lipinski definition) is 1. The molecule has 17 heavy (non-hydrogen) atoms. The van der Waals surface area contributed by atoms with E-state index in [2.05, 4.69) is 28.8 Å². The van der Waals surface area contributed by atoms with Gasteiger partial charge in [-0.15, -0.1) is 0 Å². The van der Waals surface area contributed by atoms with Crippen LogP contribution in [0.15, 0.2) is 18.3 Å². The van der Waals surface area contributed by atoms with Gasteiger partial charge in [0, 0.05) is 12.8 Å². The van der Waals surface area contributed by atoms with Crippen molar-refractivity contribution in [3.8, 4) is 0 Å². The zero-order chi connectivity index (χ0) is 12.3. The fraction of sp³-hybridized carbons (Fsp3) is 0.417. The molecule has 0 fully saturated rings. The summed E-state index contributed by atoms with van der Waals surface area (Å²) < 4.78 is 5.48. The Morgan fingerprint density at radius 3 is 2.94 bits per heavy atom. The van der Waals surface area contributed by atoms with Crippen molar-refractivity contribution in [2.24, 2.45) is 5.92 Å². The molecule has 2 heterocycles. The zero-order valence-corrected chi connectivity index (χ0v) is 10.1. The van der Waals surface area contributed by atoms with E-state index in [4.69, 9.17) is 10.5 Å². The van der Waals surface area contributed by atoms with Gasteiger partial charge in [0.15, 0.2) is 11.5 Å². The van der Waals surface area contributed by atoms with Gasteiger partial charge in [0.25, 0.3) is 0 Å². The van der Waals surface area contributed by atoms with Gasteiger partial charge in [-0.25, -0.2) is 15.0 Å². The van der Waals surface area contributed by atoms with Crippen LogP contribution >= 0.6 is 0 Å². The van der Waals surface area contributed by atoms with Gasteiger partial charge >= 0.3 is 0 Å². The molecule has 0 atom stereocenters. The molecule has 90 valence electrons. The van der Waals surface area contributed by atoms with E-state index in [1.807, 2.05) is 12.1 Å². The molecule has 0 aliphatic heterocycles. The summed E-state index contributed by atoms with van der Waals surface area (Å²) >= 11 is 0. The Morgan fingerprint density at radius 2 is 2.18 bits per heavy atom. The summed E-state index contributed by atoms with van der Waals surface area (Å²) in [6.45, 7) is 5.24. The topological polar surface area (TPSA) is 73.9 Å². The average molecular weight is 232 g/mol. The first kappa shape index (κ1) is 11.7. The number of aromatic nitrogens is 3. The van der Waals surface area contributed by atoms with E-state index in [-0.39, 0.29) is 0 Å². The summed E-state index contributed by atoms with van der Waals surface area (Å²) in [4.78, 5) is 12.7. The fourth-order valence-corrected chi connectivity index (χ4v) is 1.48. The van der Waals surface area contributed by atoms with Crippen LogP contribution in [0, 0.1) is 5.92 Å². The molecule has 0 saturated heterocycles. The van der Waals surface area contributed by atoms with Gasteiger partial charge in [0.05, 0.1) is 5.39 Å². The summed E-state index contributed by atoms with van der Waals surface area (Å²) in [6, 6.07) is 3.67. The summed E-state index contributed by atoms with van der Waals surface area (Å²) in [5, 5.41) is 0.778. The highest BCUT2D eigenvalue weighted by molar-refractivity contribution is 5.84. The van der Waals surface area contributed by atoms with Gasteiger partial charge in [-0.1, -0.05) is 13.8 Å². The minimum atomic E-state index is 0.370. The maximum absolute atomic E-state index is 5.84. The molecule has 0 amide bonds. The molecule has 0 bridgehead atoms. The lowest BCUT2D eigenvalue weighted by Crippen LogP contribution is -2.07. The number of rotatable bonds is 4. The number of nitrogen functional groups attached to an aromatic ring is 1. The average Bonchev–Trinajstić information content (AvgIpc) is 2.28. The molecule has 5 heteroatoms. The third-order valence-corrected chi connectivity index (χ3v) is 2.23. The predicted molar refractivity (Wildman–Crippen MR) is 66.2 cm³/mol. The molecule has 2 aromatic heterocycles. The SMILES string of the molecule is CC(C)COCc1nc(N)c2cccnc2n1. The number of hydrogen-bond acceptors (Lipinski definition) is 5. The standard InChI is InChI=1S/C12H16N4O/c1-8(2)6-17-7-10-15-11(13)9-4-3-5-14-12(9)16-10/h3-5,8H,6-7H2,1-2H3,(H2,13,14,15,16). The summed E-state index contributed by atoms with van der Waals surface area (Å²) in [5.74, 6) is 1.52. The molecule has 0 aliphatic rings. The van der Waals surface area contributed by atoms with E-state index < -0.39 is 0 Å². The Balaban J connectivity index is 2.19. The number of nitrogens with zero attached hydrogens (tertiary/aromatic N) is 3. The van der Waals surface area contributed by atoms with Crippen LogP contribution in [0.5, 0.6) is 0 Å². The van der Waals surface area contributed by atoms with Crippen molar-refractivity contribution >= 4 is 16.9 Å². The monoisotopic (exact) mass is 232 g/mol. The quantitative estimate of drug-likeness (QED) is 0.869. The van der Waals surface area contributed by atoms with Crippen molar-refractivity contribution in [3.63, 3.8) is 0 Å². The predicted octanol–water partition coefficient (Wildman–Crippen LogP) is 1.78. The Hall–Kier alpha value is -1.75. The Labute approximate surface area is 100 Å². The molecular formula is C12H16N4O. The number of fused-ring (bicyclic) bond motifs is 1. The third-order valence-electron chi connectivity index (χ3n) is 2.23. The highest BCUT2D eigenvalue weighted by Gasteiger charge is 2.05. The van der Waals surface area contributed by atoms with Crippen molar-refractivity contribution in [1.29, 1.82) is 0 Å². The van der Waals surface area contributed by atoms with E-state index in [0.29, 0.717) is 36.4 Å². The molecule has 0 spiro atoms. The largest absolute Gasteiger partial charge is 0.383 e. The lowest BCUT2D eigenvalue weighted by molar-refractivity contribution is 0.0925. The highest BCUT2D eigenvalue weighted by atomic mass is 16.5. The highest BCUT2D eigenvalue weighted by Crippen LogP contribution is 2.15. The second-order valence-corrected chi connectivity index (χ2v) is 4.31. The van der Waals surface area contributed by atoms with Gasteiger partial charge in [-0.3, -0.25) is 0 Å². The first-order chi connectivity index (χ1) is 8.16. The second kappa shape index (κ2) is 5.05. The van der Waals surface area contributed by atoms with E-state index in [1.54, 1.807) is 6.20 Å². The summed E-state index contributed by atoms with van der Waals surface area (Å²) in [6.07, 6.45) is 1.69. The first-order valence-electron chi connectivity index (χ1n) is 5.61. The fourth-order valence-electron chi connectivity index (χ4n) is 1.48. The molecule has 0 saturated carbocycles. The molecule has 0 radical (unpaired) electrons. The lowest BCUT2D eigenvalue weighted by Gasteiger charge is -2.07. The third kappa shape index (κ3) is 2.88. The van der Waals surface area contributed by atoms with Gasteiger partial charge < -0.3 is 10.5 Å². The maximum Gasteiger partial charge on any atom is 0.165 e. The molecular weight excluding hydrogens is 216 g/mol. The van der Waals surface area contributed by atoms with Crippen LogP contribution in [0.4, 0.5) is 5.82 Å². The van der Waals surface area contributed by atoms with Crippen molar-refractivity contribution < 1.29 is 4.74 Å². The Bertz CT molecular complexity index is 513. The Morgan fingerprint density at radius 1 is 1.35 bits per heavy atom. The van der Waals surface area contributed by atoms with E-state index in [1.165, 1.54) is 0 Å². The van der Waals surface area contributed by atoms with Crippen LogP contribution in [-0.4, -0.2) is 21.6 Å². The summed E-state index contributed by atoms with van der Waals surface area (Å²) in [5.41, 5.74) is 6.46. The molecule has 0 aliphatic carbocycles. The second-order valence-electron chi connectivity index (χ2n) is 4.31. The molecule has 2 rings (SSSR count). The van der Waals surface area contributed by atoms with Crippen molar-refractivity contribution in [1.82, 2.24) is 15.0 Å². The minimum absolute atomic E-state index is 0.370. The van der Waals surface area contributed by atoms with Gasteiger partial charge in [-0.05, 0) is 18.1 Å². The van der Waals surface area contributed by atoms with E-state index in [0.717, 1.165) is 5.39 Å². The van der Waals surface area contributed by atoms with Crippen molar-refractivity contribution in [2.75, 3.05) is 12.3 Å². The molecule has 2 N–H and O–H groups in total. The molecule has 0 aromatic carbocycles. The number of pyridine rings is 1. The summed E-state index contributed by atoms with van der Waals surface area (Å²) in [7, 11) is 0. The maximum atomic E-state index is 5.84. The van der Waals surface area contributed by atoms with Gasteiger partial charge in [-0.2, -0.15) is 0 Å². The smallest absolute Gasteiger partial charge is 0.165 e. The normalized spacial score (nSPS) is 11.2. The molecule has 2 aromatic rings. The number of nitrogens with two attached hydrogens (primary N) is 1. The van der Waals surface area contributed by atoms with Crippen LogP contribution in [0.3, 0.4) is 0 Å². The zero-order valence-electron chi connectivity index (χ0n) is 10.1. The van der Waals surface area contributed by atoms with E-state index in [9.17, 15) is 0 Å². The van der Waals surface area contributed by atoms with Crippen molar-refractivity contribution in [2.45, 2.75) is 20.5 Å². The number of ether oxygens (including phenoxy) is 1. The molecule has 0 unspecified atom stereocenters. The molecule has 5 nitrogen and oxygen atoms in total. The Kier molecular flexibility index (Phi) is 3.49. The van der Waals surface area contributed by atoms with Crippen LogP contribution in [0.2, 0.25) is 0 Å². The number of anilines is 1. The first-order valence-corrected chi connectivity index (χ1v) is 5.61. The van der Waals surface area contributed by atoms with Crippen LogP contribution in [0.25, 0.3) is 11.0 Å². The van der Waals surface area contributed by atoms with Crippen molar-refractivity contribution in [3.05, 3.63) is 24.2 Å². The van der Waals surface area contributed by atoms with E-state index >= 15 is 0 Å². The van der Waals surface area contributed by atoms with Gasteiger partial charge in [0.2, 0.25) is 0 Å².